The van der Waals surface area contributed by atoms with Gasteiger partial charge in [0.15, 0.2) is 0 Å². The van der Waals surface area contributed by atoms with Crippen LogP contribution in [-0.2, 0) is 11.2 Å². The zero-order chi connectivity index (χ0) is 16.4. The van der Waals surface area contributed by atoms with Gasteiger partial charge >= 0.3 is 0 Å². The standard InChI is InChI=1S/C15H23N3O3S/c1-22-11-9-14(16)15(19)17-10-3-2-4-12-5-7-13(8-6-12)18(20)21/h5-8,14H,2-4,9-11,16H2,1H3,(H,17,19)/t14-/m0/s1. The van der Waals surface area contributed by atoms with Crippen molar-refractivity contribution in [3.63, 3.8) is 0 Å². The predicted octanol–water partition coefficient (Wildman–Crippen LogP) is 2.11. The third kappa shape index (κ3) is 6.91. The number of nitro benzene ring substituents is 1. The lowest BCUT2D eigenvalue weighted by Crippen LogP contribution is -2.41. The highest BCUT2D eigenvalue weighted by atomic mass is 32.2. The molecule has 0 saturated heterocycles. The van der Waals surface area contributed by atoms with E-state index in [4.69, 9.17) is 5.73 Å². The summed E-state index contributed by atoms with van der Waals surface area (Å²) >= 11 is 1.68. The van der Waals surface area contributed by atoms with E-state index in [1.165, 1.54) is 12.1 Å². The van der Waals surface area contributed by atoms with E-state index in [9.17, 15) is 14.9 Å². The van der Waals surface area contributed by atoms with Crippen molar-refractivity contribution in [1.29, 1.82) is 0 Å². The Hall–Kier alpha value is -1.60. The van der Waals surface area contributed by atoms with Gasteiger partial charge < -0.3 is 11.1 Å². The largest absolute Gasteiger partial charge is 0.355 e. The number of rotatable bonds is 10. The van der Waals surface area contributed by atoms with Gasteiger partial charge in [-0.15, -0.1) is 0 Å². The molecular weight excluding hydrogens is 302 g/mol. The number of nitrogens with one attached hydrogen (secondary N) is 1. The van der Waals surface area contributed by atoms with Crippen LogP contribution in [0.2, 0.25) is 0 Å². The van der Waals surface area contributed by atoms with Crippen LogP contribution in [0.25, 0.3) is 0 Å². The van der Waals surface area contributed by atoms with Gasteiger partial charge in [-0.05, 0) is 43.3 Å². The number of hydrogen-bond acceptors (Lipinski definition) is 5. The fourth-order valence-corrected chi connectivity index (χ4v) is 2.45. The minimum atomic E-state index is -0.429. The lowest BCUT2D eigenvalue weighted by molar-refractivity contribution is -0.384. The number of nitrogens with two attached hydrogens (primary N) is 1. The summed E-state index contributed by atoms with van der Waals surface area (Å²) in [7, 11) is 0. The van der Waals surface area contributed by atoms with Crippen LogP contribution >= 0.6 is 11.8 Å². The lowest BCUT2D eigenvalue weighted by atomic mass is 10.1. The van der Waals surface area contributed by atoms with Crippen LogP contribution in [0.1, 0.15) is 24.8 Å². The molecule has 1 rings (SSSR count). The monoisotopic (exact) mass is 325 g/mol. The molecule has 0 saturated carbocycles. The van der Waals surface area contributed by atoms with Crippen molar-refractivity contribution in [2.24, 2.45) is 5.73 Å². The first-order valence-electron chi connectivity index (χ1n) is 7.30. The van der Waals surface area contributed by atoms with Crippen molar-refractivity contribution >= 4 is 23.4 Å². The van der Waals surface area contributed by atoms with E-state index >= 15 is 0 Å². The zero-order valence-electron chi connectivity index (χ0n) is 12.8. The Balaban J connectivity index is 2.17. The van der Waals surface area contributed by atoms with Gasteiger partial charge in [-0.2, -0.15) is 11.8 Å². The lowest BCUT2D eigenvalue weighted by Gasteiger charge is -2.11. The number of amides is 1. The van der Waals surface area contributed by atoms with Crippen LogP contribution in [-0.4, -0.2) is 35.4 Å². The first kappa shape index (κ1) is 18.4. The number of nitrogens with zero attached hydrogens (tertiary/aromatic N) is 1. The molecule has 0 spiro atoms. The maximum atomic E-state index is 11.7. The number of unbranched alkanes of at least 4 members (excludes halogenated alkanes) is 1. The summed E-state index contributed by atoms with van der Waals surface area (Å²) in [6.45, 7) is 0.610. The van der Waals surface area contributed by atoms with E-state index < -0.39 is 11.0 Å². The van der Waals surface area contributed by atoms with E-state index in [0.717, 1.165) is 30.6 Å². The Kier molecular flexibility index (Phi) is 8.54. The van der Waals surface area contributed by atoms with Gasteiger partial charge in [-0.25, -0.2) is 0 Å². The molecule has 6 nitrogen and oxygen atoms in total. The number of carbonyl (C=O) groups excluding carboxylic acids is 1. The van der Waals surface area contributed by atoms with Crippen molar-refractivity contribution < 1.29 is 9.72 Å². The van der Waals surface area contributed by atoms with E-state index in [2.05, 4.69) is 5.32 Å². The smallest absolute Gasteiger partial charge is 0.269 e. The van der Waals surface area contributed by atoms with Gasteiger partial charge in [0.1, 0.15) is 0 Å². The van der Waals surface area contributed by atoms with Gasteiger partial charge in [0, 0.05) is 18.7 Å². The quantitative estimate of drug-likeness (QED) is 0.390. The maximum absolute atomic E-state index is 11.7. The van der Waals surface area contributed by atoms with E-state index in [1.54, 1.807) is 23.9 Å². The second-order valence-electron chi connectivity index (χ2n) is 5.06. The second-order valence-corrected chi connectivity index (χ2v) is 6.05. The van der Waals surface area contributed by atoms with E-state index in [1.807, 2.05) is 6.26 Å². The molecule has 3 N–H and O–H groups in total. The highest BCUT2D eigenvalue weighted by Gasteiger charge is 2.11. The minimum Gasteiger partial charge on any atom is -0.355 e. The SMILES string of the molecule is CSCC[C@H](N)C(=O)NCCCCc1ccc([N+](=O)[O-])cc1. The highest BCUT2D eigenvalue weighted by molar-refractivity contribution is 7.98. The van der Waals surface area contributed by atoms with Gasteiger partial charge in [0.2, 0.25) is 5.91 Å². The fourth-order valence-electron chi connectivity index (χ4n) is 1.96. The minimum absolute atomic E-state index is 0.0932. The molecule has 0 radical (unpaired) electrons. The van der Waals surface area contributed by atoms with E-state index in [0.29, 0.717) is 13.0 Å². The van der Waals surface area contributed by atoms with Crippen LogP contribution in [0.3, 0.4) is 0 Å². The van der Waals surface area contributed by atoms with Crippen molar-refractivity contribution in [3.05, 3.63) is 39.9 Å². The molecule has 0 bridgehead atoms. The topological polar surface area (TPSA) is 98.3 Å². The van der Waals surface area contributed by atoms with Crippen LogP contribution in [0, 0.1) is 10.1 Å². The summed E-state index contributed by atoms with van der Waals surface area (Å²) in [4.78, 5) is 21.8. The molecule has 0 unspecified atom stereocenters. The zero-order valence-corrected chi connectivity index (χ0v) is 13.6. The summed E-state index contributed by atoms with van der Waals surface area (Å²) in [5, 5.41) is 13.4. The molecule has 0 aliphatic rings. The second kappa shape index (κ2) is 10.2. The molecular formula is C15H23N3O3S. The average molecular weight is 325 g/mol. The summed E-state index contributed by atoms with van der Waals surface area (Å²) < 4.78 is 0. The molecule has 122 valence electrons. The summed E-state index contributed by atoms with van der Waals surface area (Å²) in [5.74, 6) is 0.791. The van der Waals surface area contributed by atoms with Crippen molar-refractivity contribution in [2.45, 2.75) is 31.7 Å². The molecule has 1 atom stereocenters. The molecule has 22 heavy (non-hydrogen) atoms. The van der Waals surface area contributed by atoms with Gasteiger partial charge in [0.25, 0.3) is 5.69 Å². The number of thioether (sulfide) groups is 1. The highest BCUT2D eigenvalue weighted by Crippen LogP contribution is 2.13. The number of carbonyl (C=O) groups is 1. The van der Waals surface area contributed by atoms with Gasteiger partial charge in [0.05, 0.1) is 11.0 Å². The number of nitro groups is 1. The van der Waals surface area contributed by atoms with Crippen molar-refractivity contribution in [3.8, 4) is 0 Å². The van der Waals surface area contributed by atoms with Crippen LogP contribution < -0.4 is 11.1 Å². The first-order valence-corrected chi connectivity index (χ1v) is 8.69. The Morgan fingerprint density at radius 2 is 2.05 bits per heavy atom. The predicted molar refractivity (Wildman–Crippen MR) is 90.0 cm³/mol. The molecule has 1 aromatic rings. The molecule has 7 heteroatoms. The normalized spacial score (nSPS) is 11.9. The third-order valence-corrected chi connectivity index (χ3v) is 3.95. The Morgan fingerprint density at radius 1 is 1.36 bits per heavy atom. The van der Waals surface area contributed by atoms with Crippen LogP contribution in [0.5, 0.6) is 0 Å². The van der Waals surface area contributed by atoms with Crippen molar-refractivity contribution in [1.82, 2.24) is 5.32 Å². The average Bonchev–Trinajstić information content (AvgIpc) is 2.52. The molecule has 0 fully saturated rings. The number of benzene rings is 1. The molecule has 1 amide bonds. The molecule has 0 aliphatic heterocycles. The third-order valence-electron chi connectivity index (χ3n) is 3.31. The van der Waals surface area contributed by atoms with Crippen LogP contribution in [0.15, 0.2) is 24.3 Å². The number of hydrogen-bond donors (Lipinski definition) is 2. The number of aryl methyl sites for hydroxylation is 1. The maximum Gasteiger partial charge on any atom is 0.269 e. The summed E-state index contributed by atoms with van der Waals surface area (Å²) in [5.41, 5.74) is 6.94. The molecule has 0 aromatic heterocycles. The van der Waals surface area contributed by atoms with Gasteiger partial charge in [-0.1, -0.05) is 12.1 Å². The molecule has 1 aromatic carbocycles. The van der Waals surface area contributed by atoms with E-state index in [-0.39, 0.29) is 11.6 Å². The van der Waals surface area contributed by atoms with Crippen molar-refractivity contribution in [2.75, 3.05) is 18.6 Å². The molecule has 0 aliphatic carbocycles. The number of non-ortho nitro benzene ring substituents is 1. The fraction of sp³-hybridized carbons (Fsp3) is 0.533. The summed E-state index contributed by atoms with van der Waals surface area (Å²) in [6, 6.07) is 6.15. The Bertz CT molecular complexity index is 479. The molecule has 0 heterocycles. The summed E-state index contributed by atoms with van der Waals surface area (Å²) in [6.07, 6.45) is 5.29. The van der Waals surface area contributed by atoms with Crippen LogP contribution in [0.4, 0.5) is 5.69 Å². The van der Waals surface area contributed by atoms with Gasteiger partial charge in [-0.3, -0.25) is 14.9 Å². The first-order chi connectivity index (χ1) is 10.5. The Morgan fingerprint density at radius 3 is 2.64 bits per heavy atom. The Labute approximate surface area is 135 Å².